The van der Waals surface area contributed by atoms with Crippen molar-refractivity contribution in [2.45, 2.75) is 37.8 Å². The van der Waals surface area contributed by atoms with E-state index in [9.17, 15) is 4.79 Å². The van der Waals surface area contributed by atoms with Crippen LogP contribution in [-0.4, -0.2) is 83.7 Å². The van der Waals surface area contributed by atoms with Crippen LogP contribution in [0.1, 0.15) is 25.7 Å². The molecule has 2 atom stereocenters. The highest BCUT2D eigenvalue weighted by atomic mass is 79.9. The Morgan fingerprint density at radius 3 is 2.62 bits per heavy atom. The minimum atomic E-state index is 0.257. The van der Waals surface area contributed by atoms with Gasteiger partial charge in [0.25, 0.3) is 0 Å². The van der Waals surface area contributed by atoms with E-state index >= 15 is 0 Å². The molecule has 0 bridgehead atoms. The maximum absolute atomic E-state index is 12.9. The van der Waals surface area contributed by atoms with Crippen molar-refractivity contribution in [3.05, 3.63) is 16.9 Å². The highest BCUT2D eigenvalue weighted by molar-refractivity contribution is 9.10. The molecule has 1 aromatic heterocycles. The normalized spacial score (nSPS) is 27.3. The fourth-order valence-electron chi connectivity index (χ4n) is 4.26. The summed E-state index contributed by atoms with van der Waals surface area (Å²) in [6.07, 6.45) is 8.43. The van der Waals surface area contributed by atoms with E-state index < -0.39 is 0 Å². The summed E-state index contributed by atoms with van der Waals surface area (Å²) < 4.78 is 6.78. The lowest BCUT2D eigenvalue weighted by Crippen LogP contribution is -2.58. The summed E-state index contributed by atoms with van der Waals surface area (Å²) in [5, 5.41) is 0. The van der Waals surface area contributed by atoms with Crippen molar-refractivity contribution in [3.8, 4) is 0 Å². The lowest BCUT2D eigenvalue weighted by atomic mass is 9.90. The van der Waals surface area contributed by atoms with Crippen molar-refractivity contribution in [3.63, 3.8) is 0 Å². The van der Waals surface area contributed by atoms with E-state index in [1.54, 1.807) is 12.4 Å². The highest BCUT2D eigenvalue weighted by Crippen LogP contribution is 2.28. The molecule has 1 aromatic rings. The predicted molar refractivity (Wildman–Crippen MR) is 102 cm³/mol. The van der Waals surface area contributed by atoms with E-state index in [0.717, 1.165) is 56.0 Å². The Hall–Kier alpha value is -1.25. The molecule has 3 heterocycles. The third-order valence-corrected chi connectivity index (χ3v) is 6.08. The van der Waals surface area contributed by atoms with Gasteiger partial charge in [-0.1, -0.05) is 12.8 Å². The lowest BCUT2D eigenvalue weighted by Gasteiger charge is -2.44. The van der Waals surface area contributed by atoms with Gasteiger partial charge in [-0.2, -0.15) is 0 Å². The van der Waals surface area contributed by atoms with E-state index in [1.165, 1.54) is 12.8 Å². The molecule has 0 unspecified atom stereocenters. The van der Waals surface area contributed by atoms with Crippen LogP contribution in [0.5, 0.6) is 0 Å². The van der Waals surface area contributed by atoms with Gasteiger partial charge in [0, 0.05) is 45.1 Å². The van der Waals surface area contributed by atoms with Crippen molar-refractivity contribution in [1.82, 2.24) is 19.8 Å². The molecule has 26 heavy (non-hydrogen) atoms. The third-order valence-electron chi connectivity index (χ3n) is 5.67. The summed E-state index contributed by atoms with van der Waals surface area (Å²) in [6, 6.07) is 0.294. The molecule has 0 radical (unpaired) electrons. The van der Waals surface area contributed by atoms with Crippen LogP contribution in [0.2, 0.25) is 0 Å². The molecule has 2 saturated heterocycles. The molecule has 4 rings (SSSR count). The Balaban J connectivity index is 1.29. The van der Waals surface area contributed by atoms with Crippen molar-refractivity contribution >= 4 is 27.8 Å². The molecule has 8 heteroatoms. The van der Waals surface area contributed by atoms with E-state index in [2.05, 4.69) is 40.6 Å². The second-order valence-electron chi connectivity index (χ2n) is 7.31. The fourth-order valence-corrected chi connectivity index (χ4v) is 4.47. The van der Waals surface area contributed by atoms with Gasteiger partial charge in [0.1, 0.15) is 0 Å². The number of piperazine rings is 1. The van der Waals surface area contributed by atoms with Crippen LogP contribution < -0.4 is 4.90 Å². The molecular weight excluding hydrogens is 398 g/mol. The number of rotatable bonds is 3. The molecule has 1 aliphatic carbocycles. The van der Waals surface area contributed by atoms with Gasteiger partial charge < -0.3 is 14.5 Å². The summed E-state index contributed by atoms with van der Waals surface area (Å²) in [4.78, 5) is 28.2. The van der Waals surface area contributed by atoms with Crippen LogP contribution in [0.15, 0.2) is 16.9 Å². The average Bonchev–Trinajstić information content (AvgIpc) is 2.69. The molecular formula is C18H26BrN5O2. The number of amides is 1. The molecule has 1 saturated carbocycles. The number of hydrogen-bond acceptors (Lipinski definition) is 6. The first-order chi connectivity index (χ1) is 12.7. The van der Waals surface area contributed by atoms with Gasteiger partial charge in [0.15, 0.2) is 0 Å². The van der Waals surface area contributed by atoms with Crippen LogP contribution in [-0.2, 0) is 9.53 Å². The molecule has 0 spiro atoms. The van der Waals surface area contributed by atoms with Gasteiger partial charge in [0.2, 0.25) is 11.9 Å². The van der Waals surface area contributed by atoms with Gasteiger partial charge in [-0.05, 0) is 28.8 Å². The quantitative estimate of drug-likeness (QED) is 0.734. The minimum absolute atomic E-state index is 0.257. The second-order valence-corrected chi connectivity index (χ2v) is 8.23. The third kappa shape index (κ3) is 4.02. The predicted octanol–water partition coefficient (Wildman–Crippen LogP) is 1.53. The minimum Gasteiger partial charge on any atom is -0.374 e. The zero-order valence-electron chi connectivity index (χ0n) is 15.0. The van der Waals surface area contributed by atoms with Gasteiger partial charge >= 0.3 is 0 Å². The van der Waals surface area contributed by atoms with Crippen LogP contribution in [0.4, 0.5) is 5.95 Å². The summed E-state index contributed by atoms with van der Waals surface area (Å²) in [6.45, 7) is 5.37. The number of nitrogens with zero attached hydrogens (tertiary/aromatic N) is 5. The van der Waals surface area contributed by atoms with E-state index in [-0.39, 0.29) is 12.0 Å². The summed E-state index contributed by atoms with van der Waals surface area (Å²) >= 11 is 3.37. The number of anilines is 1. The molecule has 3 aliphatic rings. The number of fused-ring (bicyclic) bond motifs is 1. The van der Waals surface area contributed by atoms with Crippen molar-refractivity contribution in [1.29, 1.82) is 0 Å². The Bertz CT molecular complexity index is 619. The Kier molecular flexibility index (Phi) is 5.71. The topological polar surface area (TPSA) is 61.8 Å². The number of halogens is 1. The molecule has 2 aliphatic heterocycles. The van der Waals surface area contributed by atoms with Gasteiger partial charge in [-0.25, -0.2) is 9.97 Å². The molecule has 0 aromatic carbocycles. The highest BCUT2D eigenvalue weighted by Gasteiger charge is 2.37. The number of carbonyl (C=O) groups excluding carboxylic acids is 1. The maximum atomic E-state index is 12.9. The zero-order valence-corrected chi connectivity index (χ0v) is 16.6. The zero-order chi connectivity index (χ0) is 17.9. The molecule has 3 fully saturated rings. The van der Waals surface area contributed by atoms with Crippen LogP contribution in [0.3, 0.4) is 0 Å². The van der Waals surface area contributed by atoms with Crippen molar-refractivity contribution in [2.75, 3.05) is 50.8 Å². The van der Waals surface area contributed by atoms with Crippen LogP contribution >= 0.6 is 15.9 Å². The van der Waals surface area contributed by atoms with Crippen molar-refractivity contribution < 1.29 is 9.53 Å². The number of aromatic nitrogens is 2. The molecule has 7 nitrogen and oxygen atoms in total. The second kappa shape index (κ2) is 8.19. The Labute approximate surface area is 162 Å². The first-order valence-corrected chi connectivity index (χ1v) is 10.4. The first-order valence-electron chi connectivity index (χ1n) is 9.56. The fraction of sp³-hybridized carbons (Fsp3) is 0.722. The maximum Gasteiger partial charge on any atom is 0.237 e. The summed E-state index contributed by atoms with van der Waals surface area (Å²) in [5.74, 6) is 1.02. The number of morpholine rings is 1. The average molecular weight is 424 g/mol. The summed E-state index contributed by atoms with van der Waals surface area (Å²) in [5.41, 5.74) is 0. The number of hydrogen-bond donors (Lipinski definition) is 0. The van der Waals surface area contributed by atoms with E-state index in [0.29, 0.717) is 19.2 Å². The van der Waals surface area contributed by atoms with Crippen molar-refractivity contribution in [2.24, 2.45) is 0 Å². The summed E-state index contributed by atoms with van der Waals surface area (Å²) in [7, 11) is 0. The van der Waals surface area contributed by atoms with Gasteiger partial charge in [-0.15, -0.1) is 0 Å². The Morgan fingerprint density at radius 1 is 1.12 bits per heavy atom. The van der Waals surface area contributed by atoms with Gasteiger partial charge in [-0.3, -0.25) is 9.69 Å². The Morgan fingerprint density at radius 2 is 1.85 bits per heavy atom. The van der Waals surface area contributed by atoms with E-state index in [1.807, 2.05) is 0 Å². The smallest absolute Gasteiger partial charge is 0.237 e. The van der Waals surface area contributed by atoms with Gasteiger partial charge in [0.05, 0.1) is 29.8 Å². The van der Waals surface area contributed by atoms with Crippen LogP contribution in [0.25, 0.3) is 0 Å². The SMILES string of the molecule is O=C(CN1CCN(c2ncc(Br)cn2)CC1)N1CCO[C@H]2CCCC[C@@H]21. The standard InChI is InChI=1S/C18H26BrN5O2/c19-14-11-20-18(21-12-14)23-7-5-22(6-8-23)13-17(25)24-9-10-26-16-4-2-1-3-15(16)24/h11-12,15-16H,1-10,13H2/t15-,16-/m0/s1. The van der Waals surface area contributed by atoms with E-state index in [4.69, 9.17) is 4.74 Å². The van der Waals surface area contributed by atoms with Crippen LogP contribution in [0, 0.1) is 0 Å². The largest absolute Gasteiger partial charge is 0.374 e. The molecule has 1 amide bonds. The number of ether oxygens (including phenoxy) is 1. The molecule has 142 valence electrons. The monoisotopic (exact) mass is 423 g/mol. The lowest BCUT2D eigenvalue weighted by molar-refractivity contribution is -0.150. The number of carbonyl (C=O) groups is 1. The molecule has 0 N–H and O–H groups in total. The first kappa shape index (κ1) is 18.1.